The van der Waals surface area contributed by atoms with Gasteiger partial charge in [0.05, 0.1) is 12.3 Å². The van der Waals surface area contributed by atoms with E-state index in [9.17, 15) is 4.79 Å². The molecule has 2 rings (SSSR count). The lowest BCUT2D eigenvalue weighted by Gasteiger charge is -2.02. The number of nitrogens with one attached hydrogen (secondary N) is 1. The van der Waals surface area contributed by atoms with Crippen molar-refractivity contribution in [2.75, 3.05) is 13.2 Å². The fourth-order valence-electron chi connectivity index (χ4n) is 2.05. The van der Waals surface area contributed by atoms with E-state index in [1.165, 1.54) is 5.56 Å². The Labute approximate surface area is 119 Å². The predicted octanol–water partition coefficient (Wildman–Crippen LogP) is 2.08. The van der Waals surface area contributed by atoms with Crippen molar-refractivity contribution in [3.05, 3.63) is 35.8 Å². The third kappa shape index (κ3) is 4.06. The zero-order chi connectivity index (χ0) is 14.4. The van der Waals surface area contributed by atoms with E-state index in [0.717, 1.165) is 24.3 Å². The average Bonchev–Trinajstić information content (AvgIpc) is 2.80. The molecule has 0 radical (unpaired) electrons. The van der Waals surface area contributed by atoms with Gasteiger partial charge in [0.2, 0.25) is 0 Å². The van der Waals surface area contributed by atoms with Crippen LogP contribution in [0.4, 0.5) is 0 Å². The summed E-state index contributed by atoms with van der Waals surface area (Å²) in [6.07, 6.45) is 5.34. The van der Waals surface area contributed by atoms with Crippen LogP contribution in [0.25, 0.3) is 5.65 Å². The first-order valence-electron chi connectivity index (χ1n) is 6.99. The summed E-state index contributed by atoms with van der Waals surface area (Å²) < 4.78 is 6.91. The lowest BCUT2D eigenvalue weighted by atomic mass is 10.3. The number of carbonyl (C=O) groups excluding carboxylic acids is 1. The number of hydrogen-bond acceptors (Lipinski definition) is 4. The number of esters is 1. The van der Waals surface area contributed by atoms with E-state index < -0.39 is 0 Å². The number of carbonyl (C=O) groups is 1. The number of pyridine rings is 1. The SMILES string of the molecule is CCOC(=O)CCCNCc1cn2cc(C)ccc2n1. The maximum Gasteiger partial charge on any atom is 0.305 e. The average molecular weight is 275 g/mol. The van der Waals surface area contributed by atoms with E-state index in [1.54, 1.807) is 0 Å². The Bertz CT molecular complexity index is 578. The summed E-state index contributed by atoms with van der Waals surface area (Å²) in [7, 11) is 0. The van der Waals surface area contributed by atoms with Crippen LogP contribution in [0.15, 0.2) is 24.5 Å². The van der Waals surface area contributed by atoms with E-state index in [-0.39, 0.29) is 5.97 Å². The highest BCUT2D eigenvalue weighted by atomic mass is 16.5. The Morgan fingerprint density at radius 2 is 2.25 bits per heavy atom. The second kappa shape index (κ2) is 7.05. The third-order valence-electron chi connectivity index (χ3n) is 2.99. The minimum Gasteiger partial charge on any atom is -0.466 e. The molecule has 5 nitrogen and oxygen atoms in total. The van der Waals surface area contributed by atoms with Gasteiger partial charge in [0, 0.05) is 25.4 Å². The highest BCUT2D eigenvalue weighted by Crippen LogP contribution is 2.07. The van der Waals surface area contributed by atoms with E-state index in [1.807, 2.05) is 23.6 Å². The number of imidazole rings is 1. The molecule has 20 heavy (non-hydrogen) atoms. The number of aryl methyl sites for hydroxylation is 1. The third-order valence-corrected chi connectivity index (χ3v) is 2.99. The van der Waals surface area contributed by atoms with Crippen LogP contribution in [0.1, 0.15) is 31.0 Å². The summed E-state index contributed by atoms with van der Waals surface area (Å²) in [5, 5.41) is 3.29. The number of hydrogen-bond donors (Lipinski definition) is 1. The van der Waals surface area contributed by atoms with Crippen LogP contribution in [-0.2, 0) is 16.1 Å². The monoisotopic (exact) mass is 275 g/mol. The molecule has 0 saturated carbocycles. The van der Waals surface area contributed by atoms with Crippen LogP contribution >= 0.6 is 0 Å². The molecule has 0 aliphatic carbocycles. The van der Waals surface area contributed by atoms with Crippen LogP contribution in [0.5, 0.6) is 0 Å². The molecule has 0 atom stereocenters. The molecule has 0 aliphatic rings. The first-order valence-corrected chi connectivity index (χ1v) is 6.99. The molecule has 0 fully saturated rings. The van der Waals surface area contributed by atoms with Gasteiger partial charge < -0.3 is 14.5 Å². The summed E-state index contributed by atoms with van der Waals surface area (Å²) in [5.41, 5.74) is 3.18. The lowest BCUT2D eigenvalue weighted by Crippen LogP contribution is -2.16. The lowest BCUT2D eigenvalue weighted by molar-refractivity contribution is -0.143. The first-order chi connectivity index (χ1) is 9.69. The van der Waals surface area contributed by atoms with Gasteiger partial charge in [0.25, 0.3) is 0 Å². The second-order valence-electron chi connectivity index (χ2n) is 4.79. The number of rotatable bonds is 7. The maximum absolute atomic E-state index is 11.2. The highest BCUT2D eigenvalue weighted by Gasteiger charge is 2.03. The molecule has 5 heteroatoms. The zero-order valence-electron chi connectivity index (χ0n) is 12.1. The summed E-state index contributed by atoms with van der Waals surface area (Å²) in [5.74, 6) is -0.127. The van der Waals surface area contributed by atoms with E-state index in [2.05, 4.69) is 29.5 Å². The minimum absolute atomic E-state index is 0.127. The molecule has 1 N–H and O–H groups in total. The summed E-state index contributed by atoms with van der Waals surface area (Å²) in [4.78, 5) is 15.7. The Morgan fingerprint density at radius 1 is 1.40 bits per heavy atom. The number of nitrogens with zero attached hydrogens (tertiary/aromatic N) is 2. The van der Waals surface area contributed by atoms with Crippen LogP contribution in [0.3, 0.4) is 0 Å². The van der Waals surface area contributed by atoms with Crippen molar-refractivity contribution >= 4 is 11.6 Å². The second-order valence-corrected chi connectivity index (χ2v) is 4.79. The van der Waals surface area contributed by atoms with Crippen molar-refractivity contribution in [2.24, 2.45) is 0 Å². The molecule has 2 aromatic rings. The molecule has 0 saturated heterocycles. The minimum atomic E-state index is -0.127. The molecule has 0 unspecified atom stereocenters. The van der Waals surface area contributed by atoms with Crippen molar-refractivity contribution in [2.45, 2.75) is 33.2 Å². The van der Waals surface area contributed by atoms with Gasteiger partial charge in [-0.3, -0.25) is 4.79 Å². The smallest absolute Gasteiger partial charge is 0.305 e. The first kappa shape index (κ1) is 14.5. The van der Waals surface area contributed by atoms with E-state index in [4.69, 9.17) is 4.74 Å². The molecule has 2 aromatic heterocycles. The van der Waals surface area contributed by atoms with Crippen molar-refractivity contribution < 1.29 is 9.53 Å². The van der Waals surface area contributed by atoms with E-state index >= 15 is 0 Å². The predicted molar refractivity (Wildman–Crippen MR) is 77.5 cm³/mol. The van der Waals surface area contributed by atoms with Crippen LogP contribution in [-0.4, -0.2) is 28.5 Å². The van der Waals surface area contributed by atoms with Gasteiger partial charge in [-0.05, 0) is 38.4 Å². The van der Waals surface area contributed by atoms with Crippen molar-refractivity contribution in [3.63, 3.8) is 0 Å². The Balaban J connectivity index is 1.74. The van der Waals surface area contributed by atoms with Gasteiger partial charge in [0.1, 0.15) is 5.65 Å². The molecule has 0 bridgehead atoms. The normalized spacial score (nSPS) is 10.9. The number of fused-ring (bicyclic) bond motifs is 1. The molecule has 0 spiro atoms. The van der Waals surface area contributed by atoms with Crippen molar-refractivity contribution in [1.82, 2.24) is 14.7 Å². The van der Waals surface area contributed by atoms with Crippen LogP contribution in [0, 0.1) is 6.92 Å². The Kier molecular flexibility index (Phi) is 5.12. The number of aromatic nitrogens is 2. The fourth-order valence-corrected chi connectivity index (χ4v) is 2.05. The molecule has 108 valence electrons. The topological polar surface area (TPSA) is 55.6 Å². The van der Waals surface area contributed by atoms with Crippen LogP contribution < -0.4 is 5.32 Å². The molecular formula is C15H21N3O2. The van der Waals surface area contributed by atoms with E-state index in [0.29, 0.717) is 19.6 Å². The highest BCUT2D eigenvalue weighted by molar-refractivity contribution is 5.69. The Morgan fingerprint density at radius 3 is 3.05 bits per heavy atom. The summed E-state index contributed by atoms with van der Waals surface area (Å²) in [6.45, 7) is 5.83. The molecular weight excluding hydrogens is 254 g/mol. The number of ether oxygens (including phenoxy) is 1. The van der Waals surface area contributed by atoms with Crippen LogP contribution in [0.2, 0.25) is 0 Å². The zero-order valence-corrected chi connectivity index (χ0v) is 12.1. The van der Waals surface area contributed by atoms with Gasteiger partial charge >= 0.3 is 5.97 Å². The molecule has 2 heterocycles. The quantitative estimate of drug-likeness (QED) is 0.621. The van der Waals surface area contributed by atoms with Crippen molar-refractivity contribution in [3.8, 4) is 0 Å². The van der Waals surface area contributed by atoms with Gasteiger partial charge in [-0.2, -0.15) is 0 Å². The van der Waals surface area contributed by atoms with Crippen molar-refractivity contribution in [1.29, 1.82) is 0 Å². The molecule has 0 aliphatic heterocycles. The summed E-state index contributed by atoms with van der Waals surface area (Å²) in [6, 6.07) is 4.07. The maximum atomic E-state index is 11.2. The molecule has 0 aromatic carbocycles. The fraction of sp³-hybridized carbons (Fsp3) is 0.467. The van der Waals surface area contributed by atoms with Gasteiger partial charge in [0.15, 0.2) is 0 Å². The van der Waals surface area contributed by atoms with Gasteiger partial charge in [-0.15, -0.1) is 0 Å². The Hall–Kier alpha value is -1.88. The van der Waals surface area contributed by atoms with Gasteiger partial charge in [-0.1, -0.05) is 6.07 Å². The largest absolute Gasteiger partial charge is 0.466 e. The standard InChI is InChI=1S/C15H21N3O2/c1-3-20-15(19)5-4-8-16-9-13-11-18-10-12(2)6-7-14(18)17-13/h6-7,10-11,16H,3-5,8-9H2,1-2H3. The molecule has 0 amide bonds. The summed E-state index contributed by atoms with van der Waals surface area (Å²) >= 11 is 0. The van der Waals surface area contributed by atoms with Gasteiger partial charge in [-0.25, -0.2) is 4.98 Å².